The minimum absolute atomic E-state index is 0.0531. The van der Waals surface area contributed by atoms with E-state index in [1.165, 1.54) is 7.11 Å². The van der Waals surface area contributed by atoms with Gasteiger partial charge >= 0.3 is 5.97 Å². The van der Waals surface area contributed by atoms with Crippen molar-refractivity contribution in [3.05, 3.63) is 22.6 Å². The van der Waals surface area contributed by atoms with Crippen LogP contribution < -0.4 is 0 Å². The summed E-state index contributed by atoms with van der Waals surface area (Å²) in [7, 11) is 1.19. The van der Waals surface area contributed by atoms with E-state index in [0.29, 0.717) is 0 Å². The summed E-state index contributed by atoms with van der Waals surface area (Å²) in [6.45, 7) is 0. The molecule has 0 aromatic carbocycles. The monoisotopic (exact) mass is 235 g/mol. The van der Waals surface area contributed by atoms with E-state index in [4.69, 9.17) is 11.6 Å². The van der Waals surface area contributed by atoms with E-state index in [1.54, 1.807) is 6.26 Å². The van der Waals surface area contributed by atoms with E-state index >= 15 is 0 Å². The molecule has 0 bridgehead atoms. The predicted molar refractivity (Wildman–Crippen MR) is 52.3 cm³/mol. The third-order valence-corrected chi connectivity index (χ3v) is 2.46. The first kappa shape index (κ1) is 11.3. The molecule has 0 N–H and O–H groups in total. The summed E-state index contributed by atoms with van der Waals surface area (Å²) in [6.07, 6.45) is 1.67. The molecule has 1 heterocycles. The number of ether oxygens (including phenoxy) is 1. The van der Waals surface area contributed by atoms with Crippen molar-refractivity contribution >= 4 is 29.3 Å². The Morgan fingerprint density at radius 2 is 2.36 bits per heavy atom. The van der Waals surface area contributed by atoms with Gasteiger partial charge in [-0.15, -0.1) is 11.8 Å². The molecule has 1 aromatic rings. The average molecular weight is 236 g/mol. The molecular formula is C8H7ClFNO2S. The highest BCUT2D eigenvalue weighted by atomic mass is 35.5. The third-order valence-electron chi connectivity index (χ3n) is 1.50. The number of rotatable bonds is 2. The summed E-state index contributed by atoms with van der Waals surface area (Å²) in [5.41, 5.74) is -0.0653. The zero-order valence-electron chi connectivity index (χ0n) is 7.51. The average Bonchev–Trinajstić information content (AvgIpc) is 2.19. The van der Waals surface area contributed by atoms with Crippen LogP contribution >= 0.6 is 23.4 Å². The number of aromatic nitrogens is 1. The van der Waals surface area contributed by atoms with E-state index < -0.39 is 11.8 Å². The van der Waals surface area contributed by atoms with E-state index in [9.17, 15) is 9.18 Å². The topological polar surface area (TPSA) is 39.2 Å². The number of nitrogens with zero attached hydrogens (tertiary/aromatic N) is 1. The van der Waals surface area contributed by atoms with Crippen LogP contribution in [-0.2, 0) is 4.74 Å². The highest BCUT2D eigenvalue weighted by Gasteiger charge is 2.16. The zero-order chi connectivity index (χ0) is 10.7. The summed E-state index contributed by atoms with van der Waals surface area (Å²) in [5.74, 6) is -1.28. The Hall–Kier alpha value is -0.810. The molecule has 6 heteroatoms. The maximum Gasteiger partial charge on any atom is 0.341 e. The first-order valence-corrected chi connectivity index (χ1v) is 5.18. The molecular weight excluding hydrogens is 229 g/mol. The Morgan fingerprint density at radius 3 is 2.86 bits per heavy atom. The molecule has 0 aliphatic heterocycles. The van der Waals surface area contributed by atoms with Crippen LogP contribution in [0.5, 0.6) is 0 Å². The molecule has 0 fully saturated rings. The molecule has 1 rings (SSSR count). The first-order chi connectivity index (χ1) is 6.60. The van der Waals surface area contributed by atoms with Crippen molar-refractivity contribution < 1.29 is 13.9 Å². The number of pyridine rings is 1. The minimum Gasteiger partial charge on any atom is -0.465 e. The predicted octanol–water partition coefficient (Wildman–Crippen LogP) is 2.38. The second-order valence-electron chi connectivity index (χ2n) is 2.31. The number of hydrogen-bond donors (Lipinski definition) is 0. The molecule has 0 amide bonds. The molecule has 0 radical (unpaired) electrons. The van der Waals surface area contributed by atoms with E-state index in [0.717, 1.165) is 17.8 Å². The lowest BCUT2D eigenvalue weighted by molar-refractivity contribution is 0.0599. The van der Waals surface area contributed by atoms with Gasteiger partial charge in [0, 0.05) is 0 Å². The summed E-state index contributed by atoms with van der Waals surface area (Å²) in [6, 6.07) is 1.02. The molecule has 76 valence electrons. The summed E-state index contributed by atoms with van der Waals surface area (Å²) in [4.78, 5) is 14.8. The maximum atomic E-state index is 13.2. The SMILES string of the molecule is COC(=O)c1cc(F)c(SC)nc1Cl. The van der Waals surface area contributed by atoms with Crippen LogP contribution in [0, 0.1) is 5.82 Å². The van der Waals surface area contributed by atoms with Gasteiger partial charge in [-0.1, -0.05) is 11.6 Å². The first-order valence-electron chi connectivity index (χ1n) is 3.58. The van der Waals surface area contributed by atoms with Crippen LogP contribution in [-0.4, -0.2) is 24.3 Å². The highest BCUT2D eigenvalue weighted by Crippen LogP contribution is 2.23. The maximum absolute atomic E-state index is 13.2. The summed E-state index contributed by atoms with van der Waals surface area (Å²) in [5, 5.41) is 0.102. The quantitative estimate of drug-likeness (QED) is 0.448. The summed E-state index contributed by atoms with van der Waals surface area (Å²) >= 11 is 6.78. The lowest BCUT2D eigenvalue weighted by Gasteiger charge is -2.04. The Balaban J connectivity index is 3.21. The Labute approximate surface area is 89.6 Å². The van der Waals surface area contributed by atoms with Gasteiger partial charge in [0.1, 0.15) is 10.2 Å². The standard InChI is InChI=1S/C8H7ClFNO2S/c1-13-8(12)4-3-5(10)7(14-2)11-6(4)9/h3H,1-2H3. The largest absolute Gasteiger partial charge is 0.465 e. The van der Waals surface area contributed by atoms with Gasteiger partial charge in [-0.3, -0.25) is 0 Å². The highest BCUT2D eigenvalue weighted by molar-refractivity contribution is 7.98. The van der Waals surface area contributed by atoms with Crippen LogP contribution in [0.1, 0.15) is 10.4 Å². The van der Waals surface area contributed by atoms with E-state index in [2.05, 4.69) is 9.72 Å². The minimum atomic E-state index is -0.700. The third kappa shape index (κ3) is 2.16. The van der Waals surface area contributed by atoms with Gasteiger partial charge in [0.2, 0.25) is 0 Å². The van der Waals surface area contributed by atoms with Gasteiger partial charge in [-0.05, 0) is 12.3 Å². The van der Waals surface area contributed by atoms with Crippen LogP contribution in [0.3, 0.4) is 0 Å². The van der Waals surface area contributed by atoms with Crippen molar-refractivity contribution in [1.29, 1.82) is 0 Å². The van der Waals surface area contributed by atoms with Gasteiger partial charge in [-0.25, -0.2) is 14.2 Å². The van der Waals surface area contributed by atoms with Crippen LogP contribution in [0.2, 0.25) is 5.15 Å². The van der Waals surface area contributed by atoms with Gasteiger partial charge < -0.3 is 4.74 Å². The molecule has 0 unspecified atom stereocenters. The second kappa shape index (κ2) is 4.61. The van der Waals surface area contributed by atoms with Crippen molar-refractivity contribution in [1.82, 2.24) is 4.98 Å². The summed E-state index contributed by atoms with van der Waals surface area (Å²) < 4.78 is 17.6. The van der Waals surface area contributed by atoms with Gasteiger partial charge in [0.15, 0.2) is 5.82 Å². The van der Waals surface area contributed by atoms with Crippen molar-refractivity contribution in [3.8, 4) is 0 Å². The normalized spacial score (nSPS) is 10.0. The molecule has 0 aliphatic carbocycles. The number of esters is 1. The lowest BCUT2D eigenvalue weighted by atomic mass is 10.3. The van der Waals surface area contributed by atoms with Crippen molar-refractivity contribution in [2.75, 3.05) is 13.4 Å². The molecule has 0 atom stereocenters. The molecule has 0 aliphatic rings. The molecule has 14 heavy (non-hydrogen) atoms. The molecule has 0 saturated carbocycles. The smallest absolute Gasteiger partial charge is 0.341 e. The molecule has 3 nitrogen and oxygen atoms in total. The molecule has 0 saturated heterocycles. The van der Waals surface area contributed by atoms with Crippen LogP contribution in [0.25, 0.3) is 0 Å². The fraction of sp³-hybridized carbons (Fsp3) is 0.250. The number of thioether (sulfide) groups is 1. The fourth-order valence-electron chi connectivity index (χ4n) is 0.847. The second-order valence-corrected chi connectivity index (χ2v) is 3.46. The van der Waals surface area contributed by atoms with Crippen molar-refractivity contribution in [2.24, 2.45) is 0 Å². The number of carbonyl (C=O) groups excluding carboxylic acids is 1. The number of methoxy groups -OCH3 is 1. The Kier molecular flexibility index (Phi) is 3.71. The number of carbonyl (C=O) groups is 1. The number of hydrogen-bond acceptors (Lipinski definition) is 4. The van der Waals surface area contributed by atoms with Gasteiger partial charge in [-0.2, -0.15) is 0 Å². The van der Waals surface area contributed by atoms with Crippen molar-refractivity contribution in [3.63, 3.8) is 0 Å². The van der Waals surface area contributed by atoms with Gasteiger partial charge in [0.25, 0.3) is 0 Å². The fourth-order valence-corrected chi connectivity index (χ4v) is 1.55. The Morgan fingerprint density at radius 1 is 1.71 bits per heavy atom. The van der Waals surface area contributed by atoms with Gasteiger partial charge in [0.05, 0.1) is 12.7 Å². The van der Waals surface area contributed by atoms with Crippen LogP contribution in [0.15, 0.2) is 11.1 Å². The van der Waals surface area contributed by atoms with Crippen LogP contribution in [0.4, 0.5) is 4.39 Å². The molecule has 0 spiro atoms. The molecule has 1 aromatic heterocycles. The zero-order valence-corrected chi connectivity index (χ0v) is 9.08. The van der Waals surface area contributed by atoms with E-state index in [1.807, 2.05) is 0 Å². The Bertz CT molecular complexity index is 373. The van der Waals surface area contributed by atoms with E-state index in [-0.39, 0.29) is 15.7 Å². The lowest BCUT2D eigenvalue weighted by Crippen LogP contribution is -2.05. The number of halogens is 2. The van der Waals surface area contributed by atoms with Crippen molar-refractivity contribution in [2.45, 2.75) is 5.03 Å².